The van der Waals surface area contributed by atoms with Gasteiger partial charge in [-0.25, -0.2) is 4.98 Å². The second-order valence-electron chi connectivity index (χ2n) is 6.96. The van der Waals surface area contributed by atoms with Crippen LogP contribution in [-0.4, -0.2) is 34.9 Å². The van der Waals surface area contributed by atoms with Crippen LogP contribution in [0.2, 0.25) is 0 Å². The molecular formula is C19H24F3N3OS. The Balaban J connectivity index is 1.61. The summed E-state index contributed by atoms with van der Waals surface area (Å²) in [7, 11) is 0. The maximum atomic E-state index is 12.8. The molecule has 0 spiro atoms. The van der Waals surface area contributed by atoms with E-state index < -0.39 is 11.7 Å². The Morgan fingerprint density at radius 1 is 1.30 bits per heavy atom. The van der Waals surface area contributed by atoms with Crippen molar-refractivity contribution in [3.05, 3.63) is 23.8 Å². The topological polar surface area (TPSA) is 45.2 Å². The van der Waals surface area contributed by atoms with Crippen molar-refractivity contribution in [1.29, 1.82) is 0 Å². The van der Waals surface area contributed by atoms with Crippen molar-refractivity contribution in [3.8, 4) is 0 Å². The number of carbonyl (C=O) groups is 1. The molecule has 1 N–H and O–H groups in total. The zero-order valence-corrected chi connectivity index (χ0v) is 16.3. The van der Waals surface area contributed by atoms with Gasteiger partial charge in [0.1, 0.15) is 0 Å². The van der Waals surface area contributed by atoms with Crippen LogP contribution < -0.4 is 5.32 Å². The number of likely N-dealkylation sites (tertiary alicyclic amines) is 1. The molecule has 148 valence electrons. The molecule has 1 aliphatic rings. The number of hydrogen-bond acceptors (Lipinski definition) is 4. The van der Waals surface area contributed by atoms with Gasteiger partial charge in [-0.15, -0.1) is 0 Å². The van der Waals surface area contributed by atoms with Crippen molar-refractivity contribution >= 4 is 32.6 Å². The minimum atomic E-state index is -4.36. The number of thiazole rings is 1. The lowest BCUT2D eigenvalue weighted by atomic mass is 9.98. The predicted octanol–water partition coefficient (Wildman–Crippen LogP) is 5.15. The zero-order chi connectivity index (χ0) is 19.6. The second-order valence-corrected chi connectivity index (χ2v) is 7.99. The lowest BCUT2D eigenvalue weighted by molar-refractivity contribution is -0.138. The third-order valence-electron chi connectivity index (χ3n) is 5.18. The summed E-state index contributed by atoms with van der Waals surface area (Å²) in [4.78, 5) is 18.7. The smallest absolute Gasteiger partial charge is 0.359 e. The molecule has 1 aromatic heterocycles. The highest BCUT2D eigenvalue weighted by molar-refractivity contribution is 7.22. The van der Waals surface area contributed by atoms with E-state index in [0.29, 0.717) is 23.7 Å². The van der Waals surface area contributed by atoms with E-state index in [0.717, 1.165) is 42.5 Å². The van der Waals surface area contributed by atoms with Crippen molar-refractivity contribution in [2.24, 2.45) is 5.92 Å². The third-order valence-corrected chi connectivity index (χ3v) is 6.15. The molecule has 1 amide bonds. The lowest BCUT2D eigenvalue weighted by Crippen LogP contribution is -2.44. The average Bonchev–Trinajstić information content (AvgIpc) is 3.04. The number of piperidine rings is 1. The molecule has 0 bridgehead atoms. The predicted molar refractivity (Wildman–Crippen MR) is 102 cm³/mol. The molecule has 0 radical (unpaired) electrons. The van der Waals surface area contributed by atoms with Gasteiger partial charge in [0.15, 0.2) is 5.13 Å². The molecule has 0 saturated carbocycles. The van der Waals surface area contributed by atoms with Crippen LogP contribution >= 0.6 is 11.3 Å². The summed E-state index contributed by atoms with van der Waals surface area (Å²) < 4.78 is 39.2. The monoisotopic (exact) mass is 399 g/mol. The number of aromatic nitrogens is 1. The fourth-order valence-electron chi connectivity index (χ4n) is 3.48. The molecule has 0 atom stereocenters. The van der Waals surface area contributed by atoms with E-state index in [1.165, 1.54) is 17.4 Å². The van der Waals surface area contributed by atoms with Crippen molar-refractivity contribution in [2.75, 3.05) is 18.4 Å². The fraction of sp³-hybridized carbons (Fsp3) is 0.579. The summed E-state index contributed by atoms with van der Waals surface area (Å²) in [5, 5.41) is 3.97. The number of alkyl halides is 3. The van der Waals surface area contributed by atoms with Crippen LogP contribution in [0.4, 0.5) is 18.3 Å². The lowest BCUT2D eigenvalue weighted by Gasteiger charge is -2.34. The van der Waals surface area contributed by atoms with Gasteiger partial charge in [0.25, 0.3) is 0 Å². The van der Waals surface area contributed by atoms with Crippen molar-refractivity contribution in [1.82, 2.24) is 9.88 Å². The standard InChI is InChI=1S/C19H24F3N3OS/c1-3-12(4-2)17(26)25-9-7-14(8-10-25)23-18-24-15-11-13(19(20,21)22)5-6-16(15)27-18/h5-6,11-12,14H,3-4,7-10H2,1-2H3,(H,23,24). The molecule has 2 heterocycles. The van der Waals surface area contributed by atoms with Crippen LogP contribution in [-0.2, 0) is 11.0 Å². The Morgan fingerprint density at radius 2 is 1.96 bits per heavy atom. The van der Waals surface area contributed by atoms with Gasteiger partial charge < -0.3 is 10.2 Å². The SMILES string of the molecule is CCC(CC)C(=O)N1CCC(Nc2nc3cc(C(F)(F)F)ccc3s2)CC1. The molecule has 1 aromatic carbocycles. The number of anilines is 1. The number of nitrogens with zero attached hydrogens (tertiary/aromatic N) is 2. The Hall–Kier alpha value is -1.83. The molecule has 1 aliphatic heterocycles. The number of nitrogens with one attached hydrogen (secondary N) is 1. The van der Waals surface area contributed by atoms with Crippen LogP contribution in [0.5, 0.6) is 0 Å². The summed E-state index contributed by atoms with van der Waals surface area (Å²) in [6.45, 7) is 5.49. The van der Waals surface area contributed by atoms with Crippen LogP contribution in [0, 0.1) is 5.92 Å². The second kappa shape index (κ2) is 8.04. The summed E-state index contributed by atoms with van der Waals surface area (Å²) >= 11 is 1.36. The van der Waals surface area contributed by atoms with Crippen LogP contribution in [0.25, 0.3) is 10.2 Å². The minimum Gasteiger partial charge on any atom is -0.359 e. The quantitative estimate of drug-likeness (QED) is 0.756. The van der Waals surface area contributed by atoms with E-state index in [4.69, 9.17) is 0 Å². The normalized spacial score (nSPS) is 16.3. The molecule has 1 saturated heterocycles. The van der Waals surface area contributed by atoms with Crippen molar-refractivity contribution in [2.45, 2.75) is 51.7 Å². The minimum absolute atomic E-state index is 0.0987. The van der Waals surface area contributed by atoms with Gasteiger partial charge in [-0.3, -0.25) is 4.79 Å². The maximum absolute atomic E-state index is 12.8. The highest BCUT2D eigenvalue weighted by atomic mass is 32.1. The van der Waals surface area contributed by atoms with Gasteiger partial charge in [0.05, 0.1) is 15.8 Å². The fourth-order valence-corrected chi connectivity index (χ4v) is 4.40. The van der Waals surface area contributed by atoms with E-state index in [-0.39, 0.29) is 17.9 Å². The number of benzene rings is 1. The van der Waals surface area contributed by atoms with Gasteiger partial charge in [-0.2, -0.15) is 13.2 Å². The van der Waals surface area contributed by atoms with E-state index >= 15 is 0 Å². The van der Waals surface area contributed by atoms with Gasteiger partial charge >= 0.3 is 6.18 Å². The first kappa shape index (κ1) is 19.9. The molecule has 0 aliphatic carbocycles. The summed E-state index contributed by atoms with van der Waals surface area (Å²) in [6.07, 6.45) is -1.01. The Bertz CT molecular complexity index is 793. The summed E-state index contributed by atoms with van der Waals surface area (Å²) in [5.41, 5.74) is -0.321. The first-order valence-corrected chi connectivity index (χ1v) is 10.2. The highest BCUT2D eigenvalue weighted by Crippen LogP contribution is 2.34. The number of fused-ring (bicyclic) bond motifs is 1. The largest absolute Gasteiger partial charge is 0.416 e. The van der Waals surface area contributed by atoms with E-state index in [1.54, 1.807) is 0 Å². The number of rotatable bonds is 5. The first-order chi connectivity index (χ1) is 12.8. The Morgan fingerprint density at radius 3 is 2.56 bits per heavy atom. The maximum Gasteiger partial charge on any atom is 0.416 e. The number of halogens is 3. The molecular weight excluding hydrogens is 375 g/mol. The Kier molecular flexibility index (Phi) is 5.93. The first-order valence-electron chi connectivity index (χ1n) is 9.35. The summed E-state index contributed by atoms with van der Waals surface area (Å²) in [5.74, 6) is 0.333. The molecule has 8 heteroatoms. The van der Waals surface area contributed by atoms with Crippen LogP contribution in [0.3, 0.4) is 0 Å². The van der Waals surface area contributed by atoms with Crippen molar-refractivity contribution in [3.63, 3.8) is 0 Å². The summed E-state index contributed by atoms with van der Waals surface area (Å²) in [6, 6.07) is 3.83. The van der Waals surface area contributed by atoms with Crippen LogP contribution in [0.1, 0.15) is 45.1 Å². The number of hydrogen-bond donors (Lipinski definition) is 1. The van der Waals surface area contributed by atoms with E-state index in [9.17, 15) is 18.0 Å². The van der Waals surface area contributed by atoms with Crippen LogP contribution in [0.15, 0.2) is 18.2 Å². The van der Waals surface area contributed by atoms with E-state index in [2.05, 4.69) is 10.3 Å². The molecule has 1 fully saturated rings. The van der Waals surface area contributed by atoms with Gasteiger partial charge in [0, 0.05) is 25.0 Å². The molecule has 3 rings (SSSR count). The van der Waals surface area contributed by atoms with Gasteiger partial charge in [-0.05, 0) is 43.9 Å². The zero-order valence-electron chi connectivity index (χ0n) is 15.5. The number of amides is 1. The molecule has 2 aromatic rings. The van der Waals surface area contributed by atoms with Gasteiger partial charge in [-0.1, -0.05) is 25.2 Å². The number of carbonyl (C=O) groups excluding carboxylic acids is 1. The average molecular weight is 399 g/mol. The Labute approximate surface area is 160 Å². The van der Waals surface area contributed by atoms with Crippen molar-refractivity contribution < 1.29 is 18.0 Å². The van der Waals surface area contributed by atoms with E-state index in [1.807, 2.05) is 18.7 Å². The molecule has 27 heavy (non-hydrogen) atoms. The molecule has 4 nitrogen and oxygen atoms in total. The highest BCUT2D eigenvalue weighted by Gasteiger charge is 2.31. The third kappa shape index (κ3) is 4.54. The van der Waals surface area contributed by atoms with Gasteiger partial charge in [0.2, 0.25) is 5.91 Å². The molecule has 0 unspecified atom stereocenters.